The van der Waals surface area contributed by atoms with Gasteiger partial charge in [0.25, 0.3) is 0 Å². The van der Waals surface area contributed by atoms with E-state index in [0.29, 0.717) is 24.2 Å². The van der Waals surface area contributed by atoms with Crippen LogP contribution in [0.15, 0.2) is 24.3 Å². The average Bonchev–Trinajstić information content (AvgIpc) is 2.48. The Labute approximate surface area is 118 Å². The third-order valence-corrected chi connectivity index (χ3v) is 3.74. The van der Waals surface area contributed by atoms with E-state index in [-0.39, 0.29) is 6.61 Å². The van der Waals surface area contributed by atoms with Crippen molar-refractivity contribution in [3.8, 4) is 5.75 Å². The predicted molar refractivity (Wildman–Crippen MR) is 72.7 cm³/mol. The summed E-state index contributed by atoms with van der Waals surface area (Å²) in [7, 11) is 1.55. The molecule has 110 valence electrons. The van der Waals surface area contributed by atoms with Crippen molar-refractivity contribution < 1.29 is 24.5 Å². The molecule has 1 aromatic carbocycles. The molecule has 2 rings (SSSR count). The number of ether oxygens (including phenoxy) is 2. The molecular formula is C15H20O5. The average molecular weight is 280 g/mol. The van der Waals surface area contributed by atoms with Crippen molar-refractivity contribution in [1.29, 1.82) is 0 Å². The molecule has 2 N–H and O–H groups in total. The van der Waals surface area contributed by atoms with Crippen LogP contribution in [0.3, 0.4) is 0 Å². The summed E-state index contributed by atoms with van der Waals surface area (Å²) < 4.78 is 10.1. The Morgan fingerprint density at radius 1 is 1.35 bits per heavy atom. The van der Waals surface area contributed by atoms with Crippen LogP contribution in [0, 0.1) is 0 Å². The van der Waals surface area contributed by atoms with Gasteiger partial charge in [0, 0.05) is 0 Å². The van der Waals surface area contributed by atoms with Crippen molar-refractivity contribution in [2.45, 2.75) is 37.4 Å². The second kappa shape index (κ2) is 6.24. The summed E-state index contributed by atoms with van der Waals surface area (Å²) in [6.07, 6.45) is 1.87. The van der Waals surface area contributed by atoms with Gasteiger partial charge in [0.05, 0.1) is 18.8 Å². The van der Waals surface area contributed by atoms with Gasteiger partial charge in [-0.3, -0.25) is 0 Å². The van der Waals surface area contributed by atoms with Crippen LogP contribution in [0.4, 0.5) is 0 Å². The number of carbonyl (C=O) groups excluding carboxylic acids is 1. The molecule has 5 nitrogen and oxygen atoms in total. The maximum Gasteiger partial charge on any atom is 0.338 e. The molecule has 0 aromatic heterocycles. The maximum absolute atomic E-state index is 11.9. The molecule has 0 bridgehead atoms. The summed E-state index contributed by atoms with van der Waals surface area (Å²) in [4.78, 5) is 11.9. The molecule has 0 saturated heterocycles. The minimum atomic E-state index is -1.32. The first-order valence-corrected chi connectivity index (χ1v) is 6.77. The van der Waals surface area contributed by atoms with Crippen LogP contribution in [0.25, 0.3) is 0 Å². The van der Waals surface area contributed by atoms with Crippen LogP contribution < -0.4 is 4.74 Å². The molecule has 0 heterocycles. The summed E-state index contributed by atoms with van der Waals surface area (Å²) in [6, 6.07) is 6.53. The van der Waals surface area contributed by atoms with Crippen molar-refractivity contribution in [2.24, 2.45) is 0 Å². The molecule has 1 aromatic rings. The zero-order chi connectivity index (χ0) is 14.6. The summed E-state index contributed by atoms with van der Waals surface area (Å²) in [5.41, 5.74) is -0.930. The maximum atomic E-state index is 11.9. The van der Waals surface area contributed by atoms with Crippen LogP contribution in [0.2, 0.25) is 0 Å². The number of hydrogen-bond acceptors (Lipinski definition) is 5. The topological polar surface area (TPSA) is 76.0 Å². The zero-order valence-corrected chi connectivity index (χ0v) is 11.5. The highest BCUT2D eigenvalue weighted by Crippen LogP contribution is 2.29. The first-order chi connectivity index (χ1) is 9.55. The van der Waals surface area contributed by atoms with E-state index in [4.69, 9.17) is 9.47 Å². The highest BCUT2D eigenvalue weighted by atomic mass is 16.5. The van der Waals surface area contributed by atoms with E-state index in [1.54, 1.807) is 31.4 Å². The second-order valence-electron chi connectivity index (χ2n) is 5.17. The molecule has 1 aliphatic rings. The van der Waals surface area contributed by atoms with Crippen LogP contribution in [-0.2, 0) is 4.74 Å². The molecule has 5 heteroatoms. The van der Waals surface area contributed by atoms with Gasteiger partial charge in [-0.25, -0.2) is 4.79 Å². The normalized spacial score (nSPS) is 26.1. The Kier molecular flexibility index (Phi) is 4.62. The molecule has 20 heavy (non-hydrogen) atoms. The molecule has 0 unspecified atom stereocenters. The van der Waals surface area contributed by atoms with Crippen molar-refractivity contribution in [2.75, 3.05) is 13.7 Å². The second-order valence-corrected chi connectivity index (χ2v) is 5.17. The number of hydrogen-bond donors (Lipinski definition) is 2. The van der Waals surface area contributed by atoms with E-state index in [1.807, 2.05) is 0 Å². The van der Waals surface area contributed by atoms with Crippen molar-refractivity contribution in [3.63, 3.8) is 0 Å². The summed E-state index contributed by atoms with van der Waals surface area (Å²) in [5, 5.41) is 20.1. The SMILES string of the molecule is COc1ccc(C(=O)OC[C@@]2(O)CCCC[C@@H]2O)cc1. The van der Waals surface area contributed by atoms with Gasteiger partial charge >= 0.3 is 5.97 Å². The number of aliphatic hydroxyl groups excluding tert-OH is 1. The highest BCUT2D eigenvalue weighted by Gasteiger charge is 2.39. The molecular weight excluding hydrogens is 260 g/mol. The monoisotopic (exact) mass is 280 g/mol. The van der Waals surface area contributed by atoms with Crippen molar-refractivity contribution in [3.05, 3.63) is 29.8 Å². The van der Waals surface area contributed by atoms with Crippen LogP contribution >= 0.6 is 0 Å². The molecule has 1 fully saturated rings. The first kappa shape index (κ1) is 14.8. The zero-order valence-electron chi connectivity index (χ0n) is 11.5. The number of methoxy groups -OCH3 is 1. The Bertz CT molecular complexity index is 456. The van der Waals surface area contributed by atoms with Crippen LogP contribution in [0.5, 0.6) is 5.75 Å². The van der Waals surface area contributed by atoms with Crippen LogP contribution in [-0.4, -0.2) is 41.6 Å². The van der Waals surface area contributed by atoms with Crippen LogP contribution in [0.1, 0.15) is 36.0 Å². The van der Waals surface area contributed by atoms with E-state index in [2.05, 4.69) is 0 Å². The number of aliphatic hydroxyl groups is 2. The van der Waals surface area contributed by atoms with Gasteiger partial charge in [-0.05, 0) is 37.1 Å². The van der Waals surface area contributed by atoms with E-state index in [9.17, 15) is 15.0 Å². The van der Waals surface area contributed by atoms with E-state index >= 15 is 0 Å². The lowest BCUT2D eigenvalue weighted by Gasteiger charge is -2.36. The fraction of sp³-hybridized carbons (Fsp3) is 0.533. The molecule has 0 spiro atoms. The minimum Gasteiger partial charge on any atom is -0.497 e. The standard InChI is InChI=1S/C15H20O5/c1-19-12-7-5-11(6-8-12)14(17)20-10-15(18)9-3-2-4-13(15)16/h5-8,13,16,18H,2-4,9-10H2,1H3/t13-,15-/m0/s1. The van der Waals surface area contributed by atoms with Gasteiger partial charge in [-0.2, -0.15) is 0 Å². The number of rotatable bonds is 4. The van der Waals surface area contributed by atoms with Crippen molar-refractivity contribution >= 4 is 5.97 Å². The predicted octanol–water partition coefficient (Wildman–Crippen LogP) is 1.52. The molecule has 0 amide bonds. The Morgan fingerprint density at radius 2 is 2.05 bits per heavy atom. The van der Waals surface area contributed by atoms with Gasteiger partial charge in [-0.15, -0.1) is 0 Å². The van der Waals surface area contributed by atoms with E-state index in [1.165, 1.54) is 0 Å². The molecule has 1 aliphatic carbocycles. The molecule has 2 atom stereocenters. The lowest BCUT2D eigenvalue weighted by atomic mass is 9.83. The third kappa shape index (κ3) is 3.29. The fourth-order valence-electron chi connectivity index (χ4n) is 2.37. The van der Waals surface area contributed by atoms with Gasteiger partial charge in [0.1, 0.15) is 18.0 Å². The van der Waals surface area contributed by atoms with Gasteiger partial charge in [0.15, 0.2) is 0 Å². The Morgan fingerprint density at radius 3 is 2.65 bits per heavy atom. The van der Waals surface area contributed by atoms with E-state index in [0.717, 1.165) is 12.8 Å². The van der Waals surface area contributed by atoms with E-state index < -0.39 is 17.7 Å². The molecule has 0 radical (unpaired) electrons. The number of benzene rings is 1. The number of carbonyl (C=O) groups is 1. The largest absolute Gasteiger partial charge is 0.497 e. The first-order valence-electron chi connectivity index (χ1n) is 6.77. The Balaban J connectivity index is 1.93. The summed E-state index contributed by atoms with van der Waals surface area (Å²) in [6.45, 7) is -0.182. The van der Waals surface area contributed by atoms with Crippen molar-refractivity contribution in [1.82, 2.24) is 0 Å². The summed E-state index contributed by atoms with van der Waals surface area (Å²) >= 11 is 0. The summed E-state index contributed by atoms with van der Waals surface area (Å²) in [5.74, 6) is 0.140. The quantitative estimate of drug-likeness (QED) is 0.818. The minimum absolute atomic E-state index is 0.182. The fourth-order valence-corrected chi connectivity index (χ4v) is 2.37. The highest BCUT2D eigenvalue weighted by molar-refractivity contribution is 5.89. The molecule has 0 aliphatic heterocycles. The molecule has 1 saturated carbocycles. The smallest absolute Gasteiger partial charge is 0.338 e. The lowest BCUT2D eigenvalue weighted by molar-refractivity contribution is -0.128. The third-order valence-electron chi connectivity index (χ3n) is 3.74. The Hall–Kier alpha value is -1.59. The van der Waals surface area contributed by atoms with Gasteiger partial charge < -0.3 is 19.7 Å². The lowest BCUT2D eigenvalue weighted by Crippen LogP contribution is -2.49. The number of esters is 1. The van der Waals surface area contributed by atoms with Gasteiger partial charge in [0.2, 0.25) is 0 Å². The van der Waals surface area contributed by atoms with Gasteiger partial charge in [-0.1, -0.05) is 12.8 Å².